The summed E-state index contributed by atoms with van der Waals surface area (Å²) in [5.74, 6) is 3.89. The van der Waals surface area contributed by atoms with Gasteiger partial charge in [0, 0.05) is 77.0 Å². The molecule has 0 bridgehead atoms. The average Bonchev–Trinajstić information content (AvgIpc) is 3.70. The molecule has 0 aliphatic heterocycles. The molecular weight excluding hydrogens is 933 g/mol. The van der Waals surface area contributed by atoms with Crippen LogP contribution in [0.4, 0.5) is 0 Å². The lowest BCUT2D eigenvalue weighted by atomic mass is 9.99. The summed E-state index contributed by atoms with van der Waals surface area (Å²) >= 11 is 3.73. The second-order valence-electron chi connectivity index (χ2n) is 21.7. The van der Waals surface area contributed by atoms with Crippen LogP contribution in [-0.4, -0.2) is 95.0 Å². The first-order valence-electron chi connectivity index (χ1n) is 26.2. The van der Waals surface area contributed by atoms with Crippen molar-refractivity contribution in [3.05, 3.63) is 11.9 Å². The SMILES string of the molecule is CC(C)C(=O)C(C)C.CC(C)C=NC(C)C.CC(C)C=NC(C)C.CC(C)NC(=O)C(C)C.CC(C)SC(C)C.CC(C)SCC(=O)C(C)C.CC(C)SSC(C)C.CC(C)c1cn(C(C)C)nn1. The van der Waals surface area contributed by atoms with E-state index in [1.165, 1.54) is 0 Å². The third-order valence-electron chi connectivity index (χ3n) is 7.29. The molecule has 1 heterocycles. The van der Waals surface area contributed by atoms with E-state index in [0.29, 0.717) is 58.4 Å². The Morgan fingerprint density at radius 1 is 0.536 bits per heavy atom. The van der Waals surface area contributed by atoms with E-state index < -0.39 is 0 Å². The minimum absolute atomic E-state index is 0.104. The highest BCUT2D eigenvalue weighted by atomic mass is 33.1. The number of carbonyl (C=O) groups is 3. The fourth-order valence-corrected chi connectivity index (χ4v) is 7.49. The number of aliphatic imine (C=N–C) groups is 2. The Morgan fingerprint density at radius 3 is 1.04 bits per heavy atom. The van der Waals surface area contributed by atoms with Crippen molar-refractivity contribution in [2.24, 2.45) is 45.5 Å². The average molecular weight is 1050 g/mol. The largest absolute Gasteiger partial charge is 0.354 e. The van der Waals surface area contributed by atoms with E-state index in [4.69, 9.17) is 0 Å². The van der Waals surface area contributed by atoms with Gasteiger partial charge in [0.2, 0.25) is 5.91 Å². The smallest absolute Gasteiger partial charge is 0.222 e. The summed E-state index contributed by atoms with van der Waals surface area (Å²) in [4.78, 5) is 41.1. The summed E-state index contributed by atoms with van der Waals surface area (Å²) in [6.07, 6.45) is 5.99. The van der Waals surface area contributed by atoms with Crippen LogP contribution in [0.15, 0.2) is 16.2 Å². The van der Waals surface area contributed by atoms with E-state index in [0.717, 1.165) is 26.7 Å². The highest BCUT2D eigenvalue weighted by Crippen LogP contribution is 2.29. The molecule has 69 heavy (non-hydrogen) atoms. The van der Waals surface area contributed by atoms with Gasteiger partial charge in [-0.25, -0.2) is 4.68 Å². The number of carbonyl (C=O) groups excluding carboxylic acids is 3. The van der Waals surface area contributed by atoms with Crippen LogP contribution in [-0.2, 0) is 14.4 Å². The lowest BCUT2D eigenvalue weighted by Crippen LogP contribution is -2.33. The van der Waals surface area contributed by atoms with Gasteiger partial charge < -0.3 is 5.32 Å². The monoisotopic (exact) mass is 1050 g/mol. The molecule has 0 aromatic carbocycles. The Kier molecular flexibility index (Phi) is 61.1. The molecule has 0 saturated carbocycles. The van der Waals surface area contributed by atoms with Crippen molar-refractivity contribution in [2.45, 2.75) is 278 Å². The molecule has 0 fully saturated rings. The molecule has 1 N–H and O–H groups in total. The zero-order chi connectivity index (χ0) is 56.3. The van der Waals surface area contributed by atoms with Crippen LogP contribution in [0.1, 0.15) is 239 Å². The maximum Gasteiger partial charge on any atom is 0.222 e. The van der Waals surface area contributed by atoms with Crippen molar-refractivity contribution in [1.29, 1.82) is 0 Å². The predicted octanol–water partition coefficient (Wildman–Crippen LogP) is 17.3. The number of rotatable bonds is 19. The molecule has 0 saturated heterocycles. The minimum Gasteiger partial charge on any atom is -0.354 e. The number of thioether (sulfide) groups is 2. The molecule has 1 rings (SSSR count). The fourth-order valence-electron chi connectivity index (χ4n) is 3.80. The molecule has 0 aliphatic rings. The standard InChI is InChI=1S/C8H15N3.C8H16OS.C7H15NO.2C7H15N.C7H14O.C6H14S2.C6H14S/c1-6(2)8-5-11(7(3)4)10-9-8;1-6(2)8(9)5-10-7(3)4;1-5(2)7(9)8-6(3)4;2*1-6(2)5-8-7(3)4;1-5(2)7(8)6(3)4;1-5(2)7-8-6(3)4;1-5(2)7-6(3)4/h5-7H,1-4H3;6-7H,5H2,1-4H3;5-6H,1-4H3,(H,8,9);2*5-7H,1-4H3;2*5-6H,1-4H3;5-6H,1-4H3. The van der Waals surface area contributed by atoms with Crippen molar-refractivity contribution >= 4 is 75.0 Å². The number of Topliss-reactive ketones (excluding diaryl/α,β-unsaturated/α-hetero) is 2. The van der Waals surface area contributed by atoms with Crippen LogP contribution in [0.3, 0.4) is 0 Å². The Bertz CT molecular complexity index is 1260. The van der Waals surface area contributed by atoms with Crippen molar-refractivity contribution in [2.75, 3.05) is 5.75 Å². The van der Waals surface area contributed by atoms with Crippen LogP contribution >= 0.6 is 45.1 Å². The molecule has 0 atom stereocenters. The lowest BCUT2D eigenvalue weighted by molar-refractivity contribution is -0.125. The summed E-state index contributed by atoms with van der Waals surface area (Å²) in [6, 6.07) is 1.59. The summed E-state index contributed by atoms with van der Waals surface area (Å²) in [5, 5.41) is 14.5. The summed E-state index contributed by atoms with van der Waals surface area (Å²) in [6.45, 7) is 66.6. The molecule has 0 radical (unpaired) electrons. The third-order valence-corrected chi connectivity index (χ3v) is 13.0. The van der Waals surface area contributed by atoms with Gasteiger partial charge in [0.25, 0.3) is 0 Å². The van der Waals surface area contributed by atoms with Gasteiger partial charge in [-0.2, -0.15) is 23.5 Å². The van der Waals surface area contributed by atoms with E-state index in [1.807, 2.05) is 126 Å². The van der Waals surface area contributed by atoms with E-state index in [1.54, 1.807) is 11.8 Å². The zero-order valence-electron chi connectivity index (χ0n) is 51.3. The number of amides is 1. The van der Waals surface area contributed by atoms with Crippen LogP contribution in [0.25, 0.3) is 0 Å². The van der Waals surface area contributed by atoms with Gasteiger partial charge in [-0.15, -0.1) is 5.10 Å². The Hall–Kier alpha value is -1.31. The van der Waals surface area contributed by atoms with Gasteiger partial charge in [-0.3, -0.25) is 24.4 Å². The Labute approximate surface area is 448 Å². The zero-order valence-corrected chi connectivity index (χ0v) is 54.5. The summed E-state index contributed by atoms with van der Waals surface area (Å²) in [5.41, 5.74) is 1.07. The second kappa shape index (κ2) is 51.6. The third kappa shape index (κ3) is 78.3. The molecule has 13 heteroatoms. The molecule has 0 unspecified atom stereocenters. The number of aromatic nitrogens is 3. The molecule has 0 spiro atoms. The van der Waals surface area contributed by atoms with Crippen molar-refractivity contribution < 1.29 is 14.4 Å². The van der Waals surface area contributed by atoms with Gasteiger partial charge in [0.05, 0.1) is 11.4 Å². The topological polar surface area (TPSA) is 119 Å². The molecule has 1 amide bonds. The van der Waals surface area contributed by atoms with Crippen LogP contribution in [0.5, 0.6) is 0 Å². The summed E-state index contributed by atoms with van der Waals surface area (Å²) in [7, 11) is 3.91. The number of hydrogen-bond donors (Lipinski definition) is 1. The highest BCUT2D eigenvalue weighted by molar-refractivity contribution is 8.77. The normalized spacial score (nSPS) is 11.3. The number of nitrogens with one attached hydrogen (secondary N) is 1. The molecule has 9 nitrogen and oxygen atoms in total. The minimum atomic E-state index is 0.104. The Morgan fingerprint density at radius 2 is 0.913 bits per heavy atom. The molecule has 414 valence electrons. The van der Waals surface area contributed by atoms with Crippen LogP contribution in [0.2, 0.25) is 0 Å². The van der Waals surface area contributed by atoms with Gasteiger partial charge >= 0.3 is 0 Å². The van der Waals surface area contributed by atoms with E-state index in [2.05, 4.69) is 178 Å². The van der Waals surface area contributed by atoms with Crippen molar-refractivity contribution in [3.63, 3.8) is 0 Å². The maximum atomic E-state index is 11.0. The van der Waals surface area contributed by atoms with Crippen LogP contribution in [0, 0.1) is 35.5 Å². The number of hydrogen-bond acceptors (Lipinski definition) is 11. The predicted molar refractivity (Wildman–Crippen MR) is 325 cm³/mol. The first-order valence-corrected chi connectivity index (χ1v) is 30.5. The summed E-state index contributed by atoms with van der Waals surface area (Å²) < 4.78 is 1.88. The molecular formula is C56H118N6O3S4. The van der Waals surface area contributed by atoms with E-state index >= 15 is 0 Å². The maximum absolute atomic E-state index is 11.0. The number of ketones is 2. The van der Waals surface area contributed by atoms with Gasteiger partial charge in [-0.05, 0) is 88.9 Å². The van der Waals surface area contributed by atoms with Crippen molar-refractivity contribution in [1.82, 2.24) is 20.3 Å². The van der Waals surface area contributed by atoms with Crippen LogP contribution < -0.4 is 5.32 Å². The molecule has 1 aromatic rings. The first-order chi connectivity index (χ1) is 31.2. The van der Waals surface area contributed by atoms with Gasteiger partial charge in [-0.1, -0.05) is 193 Å². The fraction of sp³-hybridized carbons (Fsp3) is 0.875. The first kappa shape index (κ1) is 81.7. The van der Waals surface area contributed by atoms with Gasteiger partial charge in [0.1, 0.15) is 11.6 Å². The highest BCUT2D eigenvalue weighted by Gasteiger charge is 2.10. The van der Waals surface area contributed by atoms with Gasteiger partial charge in [0.15, 0.2) is 0 Å². The van der Waals surface area contributed by atoms with E-state index in [9.17, 15) is 14.4 Å². The van der Waals surface area contributed by atoms with Crippen molar-refractivity contribution in [3.8, 4) is 0 Å². The van der Waals surface area contributed by atoms with E-state index in [-0.39, 0.29) is 35.6 Å². The Balaban J connectivity index is -0.000000128. The second-order valence-corrected chi connectivity index (χ2v) is 28.8. The lowest BCUT2D eigenvalue weighted by Gasteiger charge is -2.09. The quantitative estimate of drug-likeness (QED) is 0.107. The molecule has 1 aromatic heterocycles. The molecule has 0 aliphatic carbocycles. The number of nitrogens with zero attached hydrogens (tertiary/aromatic N) is 5.